The number of benzene rings is 1. The van der Waals surface area contributed by atoms with Gasteiger partial charge in [0, 0.05) is 23.1 Å². The molecular formula is C13H14N2O3S. The number of phenolic OH excluding ortho intramolecular Hbond substituents is 1. The average Bonchev–Trinajstić information content (AvgIpc) is 2.75. The van der Waals surface area contributed by atoms with E-state index in [9.17, 15) is 9.90 Å². The quantitative estimate of drug-likeness (QED) is 0.822. The summed E-state index contributed by atoms with van der Waals surface area (Å²) < 4.78 is 4.85. The Morgan fingerprint density at radius 1 is 1.47 bits per heavy atom. The number of aryl methyl sites for hydroxylation is 1. The van der Waals surface area contributed by atoms with Crippen molar-refractivity contribution in [1.29, 1.82) is 0 Å². The third kappa shape index (κ3) is 4.33. The van der Waals surface area contributed by atoms with Crippen molar-refractivity contribution in [2.24, 2.45) is 0 Å². The molecule has 1 aromatic heterocycles. The van der Waals surface area contributed by atoms with E-state index in [-0.39, 0.29) is 11.7 Å². The molecule has 2 N–H and O–H groups in total. The molecule has 2 aromatic rings. The lowest BCUT2D eigenvalue weighted by molar-refractivity contribution is -0.115. The van der Waals surface area contributed by atoms with Gasteiger partial charge in [-0.2, -0.15) is 0 Å². The lowest BCUT2D eigenvalue weighted by Crippen LogP contribution is -2.12. The maximum atomic E-state index is 11.6. The topological polar surface area (TPSA) is 75.4 Å². The first-order chi connectivity index (χ1) is 9.13. The lowest BCUT2D eigenvalue weighted by Gasteiger charge is -2.02. The predicted octanol–water partition coefficient (Wildman–Crippen LogP) is 2.81. The van der Waals surface area contributed by atoms with E-state index in [4.69, 9.17) is 4.52 Å². The van der Waals surface area contributed by atoms with Gasteiger partial charge in [0.1, 0.15) is 11.5 Å². The predicted molar refractivity (Wildman–Crippen MR) is 73.3 cm³/mol. The number of thioether (sulfide) groups is 1. The second kappa shape index (κ2) is 6.29. The third-order valence-electron chi connectivity index (χ3n) is 2.31. The van der Waals surface area contributed by atoms with Gasteiger partial charge in [-0.3, -0.25) is 4.79 Å². The summed E-state index contributed by atoms with van der Waals surface area (Å²) in [7, 11) is 0. The fourth-order valence-electron chi connectivity index (χ4n) is 1.47. The summed E-state index contributed by atoms with van der Waals surface area (Å²) in [4.78, 5) is 12.6. The Labute approximate surface area is 115 Å². The van der Waals surface area contributed by atoms with Crippen molar-refractivity contribution in [1.82, 2.24) is 5.16 Å². The first-order valence-corrected chi connectivity index (χ1v) is 6.77. The summed E-state index contributed by atoms with van der Waals surface area (Å²) in [5.41, 5.74) is 0. The lowest BCUT2D eigenvalue weighted by atomic mass is 10.3. The number of nitrogens with zero attached hydrogens (tertiary/aromatic N) is 1. The molecule has 0 aliphatic carbocycles. The molecule has 0 saturated heterocycles. The molecule has 0 bridgehead atoms. The van der Waals surface area contributed by atoms with Gasteiger partial charge >= 0.3 is 0 Å². The van der Waals surface area contributed by atoms with Crippen LogP contribution < -0.4 is 5.32 Å². The van der Waals surface area contributed by atoms with Crippen LogP contribution in [0.2, 0.25) is 0 Å². The number of amides is 1. The molecule has 6 heteroatoms. The Bertz CT molecular complexity index is 569. The Balaban J connectivity index is 1.75. The van der Waals surface area contributed by atoms with E-state index in [0.29, 0.717) is 23.8 Å². The van der Waals surface area contributed by atoms with Crippen LogP contribution in [0.5, 0.6) is 5.75 Å². The minimum absolute atomic E-state index is 0.110. The first kappa shape index (κ1) is 13.5. The number of hydrogen-bond donors (Lipinski definition) is 2. The second-order valence-electron chi connectivity index (χ2n) is 3.97. The maximum Gasteiger partial charge on any atom is 0.226 e. The number of nitrogens with one attached hydrogen (secondary N) is 1. The van der Waals surface area contributed by atoms with Gasteiger partial charge in [0.15, 0.2) is 5.82 Å². The van der Waals surface area contributed by atoms with Crippen LogP contribution in [0.4, 0.5) is 5.82 Å². The summed E-state index contributed by atoms with van der Waals surface area (Å²) in [6.07, 6.45) is 0.367. The van der Waals surface area contributed by atoms with Crippen LogP contribution in [-0.2, 0) is 4.79 Å². The molecule has 0 spiro atoms. The van der Waals surface area contributed by atoms with Gasteiger partial charge < -0.3 is 14.9 Å². The number of aromatic nitrogens is 1. The van der Waals surface area contributed by atoms with E-state index < -0.39 is 0 Å². The normalized spacial score (nSPS) is 10.4. The highest BCUT2D eigenvalue weighted by atomic mass is 32.2. The Hall–Kier alpha value is -1.95. The van der Waals surface area contributed by atoms with Crippen molar-refractivity contribution in [3.05, 3.63) is 36.1 Å². The maximum absolute atomic E-state index is 11.6. The van der Waals surface area contributed by atoms with E-state index in [1.165, 1.54) is 11.8 Å². The van der Waals surface area contributed by atoms with E-state index >= 15 is 0 Å². The van der Waals surface area contributed by atoms with Gasteiger partial charge in [-0.05, 0) is 25.1 Å². The molecule has 100 valence electrons. The minimum Gasteiger partial charge on any atom is -0.508 e. The van der Waals surface area contributed by atoms with Crippen LogP contribution in [0.15, 0.2) is 39.8 Å². The fourth-order valence-corrected chi connectivity index (χ4v) is 2.37. The standard InChI is InChI=1S/C13H14N2O3S/c1-9-7-12(15-18-9)14-13(17)5-6-19-11-4-2-3-10(16)8-11/h2-4,7-8,16H,5-6H2,1H3,(H,14,15,17). The van der Waals surface area contributed by atoms with Gasteiger partial charge in [-0.15, -0.1) is 11.8 Å². The van der Waals surface area contributed by atoms with Crippen LogP contribution in [0.3, 0.4) is 0 Å². The number of aromatic hydroxyl groups is 1. The highest BCUT2D eigenvalue weighted by Gasteiger charge is 2.06. The van der Waals surface area contributed by atoms with Crippen LogP contribution in [0.25, 0.3) is 0 Å². The van der Waals surface area contributed by atoms with Gasteiger partial charge in [-0.1, -0.05) is 11.2 Å². The van der Waals surface area contributed by atoms with Crippen molar-refractivity contribution in [3.8, 4) is 5.75 Å². The molecule has 0 unspecified atom stereocenters. The molecule has 5 nitrogen and oxygen atoms in total. The number of carbonyl (C=O) groups is 1. The van der Waals surface area contributed by atoms with Gasteiger partial charge in [0.05, 0.1) is 0 Å². The number of hydrogen-bond acceptors (Lipinski definition) is 5. The summed E-state index contributed by atoms with van der Waals surface area (Å²) in [6.45, 7) is 1.76. The number of anilines is 1. The van der Waals surface area contributed by atoms with Gasteiger partial charge in [-0.25, -0.2) is 0 Å². The zero-order valence-corrected chi connectivity index (χ0v) is 11.2. The SMILES string of the molecule is Cc1cc(NC(=O)CCSc2cccc(O)c2)no1. The summed E-state index contributed by atoms with van der Waals surface area (Å²) >= 11 is 1.51. The number of phenols is 1. The Kier molecular flexibility index (Phi) is 4.46. The van der Waals surface area contributed by atoms with E-state index in [1.54, 1.807) is 31.2 Å². The number of carbonyl (C=O) groups excluding carboxylic acids is 1. The van der Waals surface area contributed by atoms with Crippen molar-refractivity contribution >= 4 is 23.5 Å². The average molecular weight is 278 g/mol. The van der Waals surface area contributed by atoms with Crippen LogP contribution >= 0.6 is 11.8 Å². The third-order valence-corrected chi connectivity index (χ3v) is 3.31. The molecular weight excluding hydrogens is 264 g/mol. The molecule has 0 atom stereocenters. The van der Waals surface area contributed by atoms with E-state index in [1.807, 2.05) is 6.07 Å². The van der Waals surface area contributed by atoms with Crippen LogP contribution in [0, 0.1) is 6.92 Å². The Morgan fingerprint density at radius 3 is 3.00 bits per heavy atom. The van der Waals surface area contributed by atoms with E-state index in [2.05, 4.69) is 10.5 Å². The first-order valence-electron chi connectivity index (χ1n) is 5.78. The minimum atomic E-state index is -0.110. The molecule has 1 heterocycles. The zero-order chi connectivity index (χ0) is 13.7. The summed E-state index contributed by atoms with van der Waals surface area (Å²) in [6, 6.07) is 8.62. The van der Waals surface area contributed by atoms with Crippen LogP contribution in [0.1, 0.15) is 12.2 Å². The highest BCUT2D eigenvalue weighted by Crippen LogP contribution is 2.22. The molecule has 0 saturated carbocycles. The molecule has 1 amide bonds. The molecule has 0 aliphatic heterocycles. The molecule has 2 rings (SSSR count). The van der Waals surface area contributed by atoms with Gasteiger partial charge in [0.2, 0.25) is 5.91 Å². The zero-order valence-electron chi connectivity index (χ0n) is 10.4. The largest absolute Gasteiger partial charge is 0.508 e. The monoisotopic (exact) mass is 278 g/mol. The van der Waals surface area contributed by atoms with E-state index in [0.717, 1.165) is 4.90 Å². The molecule has 0 fully saturated rings. The van der Waals surface area contributed by atoms with Crippen molar-refractivity contribution < 1.29 is 14.4 Å². The molecule has 1 aromatic carbocycles. The molecule has 0 radical (unpaired) electrons. The fraction of sp³-hybridized carbons (Fsp3) is 0.231. The number of rotatable bonds is 5. The van der Waals surface area contributed by atoms with Crippen molar-refractivity contribution in [2.45, 2.75) is 18.2 Å². The van der Waals surface area contributed by atoms with Crippen molar-refractivity contribution in [3.63, 3.8) is 0 Å². The second-order valence-corrected chi connectivity index (χ2v) is 5.14. The highest BCUT2D eigenvalue weighted by molar-refractivity contribution is 7.99. The Morgan fingerprint density at radius 2 is 2.32 bits per heavy atom. The van der Waals surface area contributed by atoms with Gasteiger partial charge in [0.25, 0.3) is 0 Å². The summed E-state index contributed by atoms with van der Waals surface area (Å²) in [5.74, 6) is 1.84. The molecule has 0 aliphatic rings. The smallest absolute Gasteiger partial charge is 0.226 e. The van der Waals surface area contributed by atoms with Crippen molar-refractivity contribution in [2.75, 3.05) is 11.1 Å². The summed E-state index contributed by atoms with van der Waals surface area (Å²) in [5, 5.41) is 15.6. The van der Waals surface area contributed by atoms with Crippen LogP contribution in [-0.4, -0.2) is 21.9 Å². The molecule has 19 heavy (non-hydrogen) atoms.